The lowest BCUT2D eigenvalue weighted by Gasteiger charge is -2.32. The number of aliphatic hydroxyl groups excluding tert-OH is 2. The summed E-state index contributed by atoms with van der Waals surface area (Å²) in [5.41, 5.74) is 1.01. The molecule has 0 saturated heterocycles. The van der Waals surface area contributed by atoms with Gasteiger partial charge in [0, 0.05) is 13.7 Å². The van der Waals surface area contributed by atoms with E-state index in [9.17, 15) is 24.3 Å². The molecular formula is C32H42O11. The minimum absolute atomic E-state index is 0.0146. The molecule has 2 N–H and O–H groups in total. The Labute approximate surface area is 252 Å². The van der Waals surface area contributed by atoms with Gasteiger partial charge in [-0.1, -0.05) is 13.3 Å². The predicted octanol–water partition coefficient (Wildman–Crippen LogP) is 3.99. The lowest BCUT2D eigenvalue weighted by Crippen LogP contribution is -2.23. The van der Waals surface area contributed by atoms with Crippen molar-refractivity contribution in [2.75, 3.05) is 53.4 Å². The fourth-order valence-electron chi connectivity index (χ4n) is 4.54. The number of hydrogen-bond acceptors (Lipinski definition) is 11. The molecule has 43 heavy (non-hydrogen) atoms. The summed E-state index contributed by atoms with van der Waals surface area (Å²) in [6, 6.07) is 11.9. The summed E-state index contributed by atoms with van der Waals surface area (Å²) in [6.45, 7) is 2.52. The summed E-state index contributed by atoms with van der Waals surface area (Å²) in [7, 11) is 1.51. The van der Waals surface area contributed by atoms with Crippen molar-refractivity contribution in [2.24, 2.45) is 5.41 Å². The Balaban J connectivity index is 1.78. The van der Waals surface area contributed by atoms with Gasteiger partial charge >= 0.3 is 23.9 Å². The Morgan fingerprint density at radius 3 is 1.26 bits per heavy atom. The van der Waals surface area contributed by atoms with Gasteiger partial charge in [-0.3, -0.25) is 0 Å². The van der Waals surface area contributed by atoms with Gasteiger partial charge < -0.3 is 33.9 Å². The van der Waals surface area contributed by atoms with Crippen molar-refractivity contribution >= 4 is 23.9 Å². The highest BCUT2D eigenvalue weighted by Gasteiger charge is 2.27. The zero-order valence-electron chi connectivity index (χ0n) is 24.9. The molecule has 1 unspecified atom stereocenters. The average molecular weight is 603 g/mol. The predicted molar refractivity (Wildman–Crippen MR) is 156 cm³/mol. The van der Waals surface area contributed by atoms with Crippen LogP contribution >= 0.6 is 0 Å². The molecule has 236 valence electrons. The quantitative estimate of drug-likeness (QED) is 0.128. The van der Waals surface area contributed by atoms with Gasteiger partial charge in [0.2, 0.25) is 0 Å². The second kappa shape index (κ2) is 19.4. The Hall–Kier alpha value is -3.80. The molecule has 0 radical (unpaired) electrons. The van der Waals surface area contributed by atoms with Crippen molar-refractivity contribution in [3.63, 3.8) is 0 Å². The van der Waals surface area contributed by atoms with Crippen LogP contribution in [0.15, 0.2) is 48.5 Å². The topological polar surface area (TPSA) is 155 Å². The van der Waals surface area contributed by atoms with E-state index in [0.717, 1.165) is 6.42 Å². The zero-order valence-corrected chi connectivity index (χ0v) is 24.9. The largest absolute Gasteiger partial charge is 0.462 e. The molecule has 0 heterocycles. The van der Waals surface area contributed by atoms with E-state index in [-0.39, 0.29) is 50.6 Å². The first-order valence-corrected chi connectivity index (χ1v) is 14.4. The van der Waals surface area contributed by atoms with Crippen LogP contribution in [0.3, 0.4) is 0 Å². The first-order chi connectivity index (χ1) is 20.8. The van der Waals surface area contributed by atoms with Crippen LogP contribution in [0, 0.1) is 5.41 Å². The molecule has 11 heteroatoms. The Morgan fingerprint density at radius 2 is 0.930 bits per heavy atom. The van der Waals surface area contributed by atoms with E-state index >= 15 is 0 Å². The van der Waals surface area contributed by atoms with Gasteiger partial charge in [-0.25, -0.2) is 19.2 Å². The highest BCUT2D eigenvalue weighted by atomic mass is 16.6. The van der Waals surface area contributed by atoms with Crippen LogP contribution in [0.1, 0.15) is 86.9 Å². The second-order valence-electron chi connectivity index (χ2n) is 9.95. The lowest BCUT2D eigenvalue weighted by atomic mass is 9.74. The summed E-state index contributed by atoms with van der Waals surface area (Å²) >= 11 is 0. The number of benzene rings is 2. The van der Waals surface area contributed by atoms with E-state index in [1.165, 1.54) is 55.6 Å². The first kappa shape index (κ1) is 35.4. The molecule has 2 aromatic carbocycles. The van der Waals surface area contributed by atoms with Crippen LogP contribution in [0.4, 0.5) is 0 Å². The number of esters is 4. The molecular weight excluding hydrogens is 560 g/mol. The lowest BCUT2D eigenvalue weighted by molar-refractivity contribution is 0.0384. The molecule has 11 nitrogen and oxygen atoms in total. The van der Waals surface area contributed by atoms with E-state index in [4.69, 9.17) is 28.8 Å². The zero-order chi connectivity index (χ0) is 31.5. The second-order valence-corrected chi connectivity index (χ2v) is 9.95. The molecule has 0 bridgehead atoms. The standard InChI is InChI=1S/C32H42O11/c1-3-32(16-17-33,14-4-19-40-28(35)24-6-10-26(11-7-24)30(37)42-21-18-34)15-5-20-41-29(36)25-8-12-27(13-9-25)31(38)43-23-22-39-2/h6-13,33-34H,3-5,14-23H2,1-2H3. The number of carbonyl (C=O) groups is 4. The fraction of sp³-hybridized carbons (Fsp3) is 0.500. The van der Waals surface area contributed by atoms with Crippen molar-refractivity contribution in [2.45, 2.75) is 45.4 Å². The fourth-order valence-corrected chi connectivity index (χ4v) is 4.54. The normalized spacial score (nSPS) is 12.2. The SMILES string of the molecule is CCC(CCO)(CCCOC(=O)c1ccc(C(=O)OCCO)cc1)CCCOC(=O)c1ccc(C(=O)OCCOC)cc1. The summed E-state index contributed by atoms with van der Waals surface area (Å²) in [5.74, 6) is -2.09. The van der Waals surface area contributed by atoms with Crippen molar-refractivity contribution in [3.8, 4) is 0 Å². The number of rotatable bonds is 20. The summed E-state index contributed by atoms with van der Waals surface area (Å²) < 4.78 is 25.6. The number of methoxy groups -OCH3 is 1. The summed E-state index contributed by atoms with van der Waals surface area (Å²) in [4.78, 5) is 48.7. The Bertz CT molecular complexity index is 1140. The third-order valence-electron chi connectivity index (χ3n) is 7.12. The number of aliphatic hydroxyl groups is 2. The van der Waals surface area contributed by atoms with Crippen LogP contribution in [0.5, 0.6) is 0 Å². The highest BCUT2D eigenvalue weighted by molar-refractivity contribution is 5.94. The molecule has 1 atom stereocenters. The monoisotopic (exact) mass is 602 g/mol. The minimum Gasteiger partial charge on any atom is -0.462 e. The van der Waals surface area contributed by atoms with E-state index in [0.29, 0.717) is 55.4 Å². The molecule has 0 amide bonds. The van der Waals surface area contributed by atoms with Gasteiger partial charge in [-0.2, -0.15) is 0 Å². The maximum absolute atomic E-state index is 12.5. The van der Waals surface area contributed by atoms with Crippen LogP contribution < -0.4 is 0 Å². The summed E-state index contributed by atoms with van der Waals surface area (Å²) in [5, 5.41) is 18.4. The highest BCUT2D eigenvalue weighted by Crippen LogP contribution is 2.37. The molecule has 0 aliphatic rings. The van der Waals surface area contributed by atoms with Crippen molar-refractivity contribution in [1.29, 1.82) is 0 Å². The minimum atomic E-state index is -0.588. The van der Waals surface area contributed by atoms with Crippen molar-refractivity contribution in [3.05, 3.63) is 70.8 Å². The van der Waals surface area contributed by atoms with Gasteiger partial charge in [0.05, 0.1) is 48.7 Å². The van der Waals surface area contributed by atoms with E-state index in [1.54, 1.807) is 0 Å². The smallest absolute Gasteiger partial charge is 0.338 e. The number of carbonyl (C=O) groups excluding carboxylic acids is 4. The average Bonchev–Trinajstić information content (AvgIpc) is 3.03. The first-order valence-electron chi connectivity index (χ1n) is 14.4. The van der Waals surface area contributed by atoms with Crippen LogP contribution in [-0.2, 0) is 23.7 Å². The number of ether oxygens (including phenoxy) is 5. The van der Waals surface area contributed by atoms with Crippen molar-refractivity contribution in [1.82, 2.24) is 0 Å². The van der Waals surface area contributed by atoms with Crippen LogP contribution in [0.2, 0.25) is 0 Å². The number of hydrogen-bond donors (Lipinski definition) is 2. The Kier molecular flexibility index (Phi) is 16.0. The Morgan fingerprint density at radius 1 is 0.558 bits per heavy atom. The van der Waals surface area contributed by atoms with E-state index < -0.39 is 23.9 Å². The third kappa shape index (κ3) is 12.1. The van der Waals surface area contributed by atoms with Crippen LogP contribution in [0.25, 0.3) is 0 Å². The maximum atomic E-state index is 12.5. The van der Waals surface area contributed by atoms with Gasteiger partial charge in [0.1, 0.15) is 13.2 Å². The van der Waals surface area contributed by atoms with Gasteiger partial charge in [-0.05, 0) is 86.1 Å². The molecule has 0 aliphatic heterocycles. The van der Waals surface area contributed by atoms with E-state index in [2.05, 4.69) is 0 Å². The van der Waals surface area contributed by atoms with Crippen LogP contribution in [-0.4, -0.2) is 87.4 Å². The third-order valence-corrected chi connectivity index (χ3v) is 7.12. The molecule has 0 saturated carbocycles. The van der Waals surface area contributed by atoms with Gasteiger partial charge in [0.25, 0.3) is 0 Å². The van der Waals surface area contributed by atoms with Crippen molar-refractivity contribution < 1.29 is 53.1 Å². The molecule has 2 rings (SSSR count). The molecule has 0 fully saturated rings. The molecule has 2 aromatic rings. The molecule has 0 spiro atoms. The van der Waals surface area contributed by atoms with E-state index in [1.807, 2.05) is 6.92 Å². The molecule has 0 aliphatic carbocycles. The summed E-state index contributed by atoms with van der Waals surface area (Å²) in [6.07, 6.45) is 3.97. The van der Waals surface area contributed by atoms with Gasteiger partial charge in [0.15, 0.2) is 0 Å². The van der Waals surface area contributed by atoms with Gasteiger partial charge in [-0.15, -0.1) is 0 Å². The molecule has 0 aromatic heterocycles. The maximum Gasteiger partial charge on any atom is 0.338 e.